The molecule has 1 aliphatic heterocycles. The molecule has 5 nitrogen and oxygen atoms in total. The van der Waals surface area contributed by atoms with Gasteiger partial charge in [0.05, 0.1) is 5.56 Å². The van der Waals surface area contributed by atoms with Gasteiger partial charge in [0.25, 0.3) is 5.91 Å². The summed E-state index contributed by atoms with van der Waals surface area (Å²) in [5.74, 6) is 0.178. The van der Waals surface area contributed by atoms with E-state index in [4.69, 9.17) is 0 Å². The molecule has 0 unspecified atom stereocenters. The Morgan fingerprint density at radius 3 is 2.64 bits per heavy atom. The van der Waals surface area contributed by atoms with Crippen molar-refractivity contribution < 1.29 is 9.18 Å². The number of aryl methyl sites for hydroxylation is 1. The van der Waals surface area contributed by atoms with Crippen molar-refractivity contribution in [3.63, 3.8) is 0 Å². The fraction of sp³-hybridized carbons (Fsp3) is 0.136. The van der Waals surface area contributed by atoms with Crippen molar-refractivity contribution in [1.82, 2.24) is 14.6 Å². The Balaban J connectivity index is 1.59. The third-order valence-corrected chi connectivity index (χ3v) is 5.12. The summed E-state index contributed by atoms with van der Waals surface area (Å²) >= 11 is 0. The van der Waals surface area contributed by atoms with Crippen LogP contribution in [0.3, 0.4) is 0 Å². The molecule has 0 saturated heterocycles. The number of amides is 1. The fourth-order valence-electron chi connectivity index (χ4n) is 3.77. The average Bonchev–Trinajstić information content (AvgIpc) is 3.18. The van der Waals surface area contributed by atoms with Crippen molar-refractivity contribution in [2.24, 2.45) is 0 Å². The minimum atomic E-state index is -0.308. The number of anilines is 1. The standard InChI is InChI=1S/C22H17FN4O/c23-17-11-9-16(10-12-17)20-24-25-21-18(7-4-14-27(20)21)22(28)26-13-3-6-15-5-1-2-8-19(15)26/h1-2,4-5,7-12,14H,3,6,13H2. The molecule has 28 heavy (non-hydrogen) atoms. The maximum atomic E-state index is 13.4. The quantitative estimate of drug-likeness (QED) is 0.532. The maximum absolute atomic E-state index is 13.4. The Hall–Kier alpha value is -3.54. The predicted octanol–water partition coefficient (Wildman–Crippen LogP) is 4.13. The minimum Gasteiger partial charge on any atom is -0.308 e. The second-order valence-electron chi connectivity index (χ2n) is 6.84. The molecule has 0 atom stereocenters. The van der Waals surface area contributed by atoms with Crippen molar-refractivity contribution in [3.05, 3.63) is 83.8 Å². The number of fused-ring (bicyclic) bond motifs is 2. The zero-order valence-electron chi connectivity index (χ0n) is 15.0. The highest BCUT2D eigenvalue weighted by Gasteiger charge is 2.26. The predicted molar refractivity (Wildman–Crippen MR) is 105 cm³/mol. The Morgan fingerprint density at radius 2 is 1.79 bits per heavy atom. The van der Waals surface area contributed by atoms with Crippen molar-refractivity contribution in [2.75, 3.05) is 11.4 Å². The van der Waals surface area contributed by atoms with Gasteiger partial charge in [-0.05, 0) is 60.9 Å². The van der Waals surface area contributed by atoms with Crippen molar-refractivity contribution in [2.45, 2.75) is 12.8 Å². The number of pyridine rings is 1. The third kappa shape index (κ3) is 2.65. The van der Waals surface area contributed by atoms with Crippen LogP contribution in [0.4, 0.5) is 10.1 Å². The van der Waals surface area contributed by atoms with Gasteiger partial charge in [0, 0.05) is 24.0 Å². The molecule has 5 rings (SSSR count). The lowest BCUT2D eigenvalue weighted by molar-refractivity contribution is 0.0986. The lowest BCUT2D eigenvalue weighted by Crippen LogP contribution is -2.35. The zero-order chi connectivity index (χ0) is 19.1. The van der Waals surface area contributed by atoms with Crippen molar-refractivity contribution in [3.8, 4) is 11.4 Å². The Morgan fingerprint density at radius 1 is 0.964 bits per heavy atom. The molecule has 0 spiro atoms. The number of halogens is 1. The smallest absolute Gasteiger partial charge is 0.262 e. The number of carbonyl (C=O) groups excluding carboxylic acids is 1. The molecule has 2 aromatic heterocycles. The van der Waals surface area contributed by atoms with Crippen LogP contribution in [-0.4, -0.2) is 27.0 Å². The number of aromatic nitrogens is 3. The molecular formula is C22H17FN4O. The van der Waals surface area contributed by atoms with Gasteiger partial charge in [-0.2, -0.15) is 0 Å². The van der Waals surface area contributed by atoms with Crippen LogP contribution in [0.2, 0.25) is 0 Å². The Bertz CT molecular complexity index is 1180. The second kappa shape index (κ2) is 6.56. The first-order chi connectivity index (χ1) is 13.7. The molecule has 0 aliphatic carbocycles. The monoisotopic (exact) mass is 372 g/mol. The average molecular weight is 372 g/mol. The molecule has 0 radical (unpaired) electrons. The first-order valence-electron chi connectivity index (χ1n) is 9.22. The van der Waals surface area contributed by atoms with Crippen LogP contribution >= 0.6 is 0 Å². The first kappa shape index (κ1) is 16.6. The van der Waals surface area contributed by atoms with E-state index < -0.39 is 0 Å². The maximum Gasteiger partial charge on any atom is 0.262 e. The fourth-order valence-corrected chi connectivity index (χ4v) is 3.77. The summed E-state index contributed by atoms with van der Waals surface area (Å²) in [6.07, 6.45) is 3.72. The summed E-state index contributed by atoms with van der Waals surface area (Å²) in [6, 6.07) is 17.7. The van der Waals surface area contributed by atoms with E-state index in [9.17, 15) is 9.18 Å². The van der Waals surface area contributed by atoms with Crippen LogP contribution in [0, 0.1) is 5.82 Å². The summed E-state index contributed by atoms with van der Waals surface area (Å²) < 4.78 is 15.0. The van der Waals surface area contributed by atoms with E-state index in [1.54, 1.807) is 22.6 Å². The van der Waals surface area contributed by atoms with Gasteiger partial charge in [-0.25, -0.2) is 4.39 Å². The molecular weight excluding hydrogens is 355 g/mol. The normalized spacial score (nSPS) is 13.5. The minimum absolute atomic E-state index is 0.0872. The molecule has 1 amide bonds. The molecule has 4 aromatic rings. The van der Waals surface area contributed by atoms with E-state index in [0.29, 0.717) is 23.6 Å². The van der Waals surface area contributed by atoms with Gasteiger partial charge in [-0.1, -0.05) is 18.2 Å². The third-order valence-electron chi connectivity index (χ3n) is 5.12. The summed E-state index contributed by atoms with van der Waals surface area (Å²) in [4.78, 5) is 15.2. The molecule has 138 valence electrons. The van der Waals surface area contributed by atoms with Gasteiger partial charge in [-0.15, -0.1) is 10.2 Å². The second-order valence-corrected chi connectivity index (χ2v) is 6.84. The summed E-state index contributed by atoms with van der Waals surface area (Å²) in [5.41, 5.74) is 3.87. The van der Waals surface area contributed by atoms with E-state index in [2.05, 4.69) is 16.3 Å². The zero-order valence-corrected chi connectivity index (χ0v) is 15.0. The number of hydrogen-bond acceptors (Lipinski definition) is 3. The Labute approximate surface area is 161 Å². The highest BCUT2D eigenvalue weighted by atomic mass is 19.1. The van der Waals surface area contributed by atoms with E-state index in [-0.39, 0.29) is 11.7 Å². The van der Waals surface area contributed by atoms with Gasteiger partial charge in [0.1, 0.15) is 5.82 Å². The van der Waals surface area contributed by atoms with E-state index in [0.717, 1.165) is 24.1 Å². The van der Waals surface area contributed by atoms with E-state index in [1.807, 2.05) is 35.4 Å². The Kier molecular flexibility index (Phi) is 3.90. The van der Waals surface area contributed by atoms with E-state index in [1.165, 1.54) is 17.7 Å². The highest BCUT2D eigenvalue weighted by Crippen LogP contribution is 2.29. The van der Waals surface area contributed by atoms with Gasteiger partial charge in [0.15, 0.2) is 11.5 Å². The lowest BCUT2D eigenvalue weighted by Gasteiger charge is -2.29. The number of hydrogen-bond donors (Lipinski definition) is 0. The summed E-state index contributed by atoms with van der Waals surface area (Å²) in [6.45, 7) is 0.676. The number of rotatable bonds is 2. The molecule has 1 aliphatic rings. The van der Waals surface area contributed by atoms with Gasteiger partial charge in [-0.3, -0.25) is 9.20 Å². The molecule has 0 fully saturated rings. The SMILES string of the molecule is O=C(c1cccn2c(-c3ccc(F)cc3)nnc12)N1CCCc2ccccc21. The largest absolute Gasteiger partial charge is 0.308 e. The molecule has 2 aromatic carbocycles. The molecule has 0 bridgehead atoms. The highest BCUT2D eigenvalue weighted by molar-refractivity contribution is 6.10. The molecule has 6 heteroatoms. The number of benzene rings is 2. The van der Waals surface area contributed by atoms with Crippen LogP contribution in [0.5, 0.6) is 0 Å². The number of para-hydroxylation sites is 1. The number of nitrogens with zero attached hydrogens (tertiary/aromatic N) is 4. The van der Waals surface area contributed by atoms with Crippen LogP contribution in [0.25, 0.3) is 17.0 Å². The lowest BCUT2D eigenvalue weighted by atomic mass is 10.0. The van der Waals surface area contributed by atoms with Gasteiger partial charge < -0.3 is 4.90 Å². The number of carbonyl (C=O) groups is 1. The van der Waals surface area contributed by atoms with Crippen LogP contribution < -0.4 is 4.90 Å². The topological polar surface area (TPSA) is 50.5 Å². The first-order valence-corrected chi connectivity index (χ1v) is 9.22. The van der Waals surface area contributed by atoms with Crippen molar-refractivity contribution >= 4 is 17.2 Å². The van der Waals surface area contributed by atoms with Gasteiger partial charge in [0.2, 0.25) is 0 Å². The summed E-state index contributed by atoms with van der Waals surface area (Å²) in [5, 5.41) is 8.51. The van der Waals surface area contributed by atoms with E-state index >= 15 is 0 Å². The molecule has 0 N–H and O–H groups in total. The van der Waals surface area contributed by atoms with Crippen molar-refractivity contribution in [1.29, 1.82) is 0 Å². The van der Waals surface area contributed by atoms with Crippen LogP contribution in [0.15, 0.2) is 66.9 Å². The molecule has 3 heterocycles. The van der Waals surface area contributed by atoms with Gasteiger partial charge >= 0.3 is 0 Å². The molecule has 0 saturated carbocycles. The van der Waals surface area contributed by atoms with Crippen LogP contribution in [0.1, 0.15) is 22.3 Å². The van der Waals surface area contributed by atoms with Crippen LogP contribution in [-0.2, 0) is 6.42 Å². The summed E-state index contributed by atoms with van der Waals surface area (Å²) in [7, 11) is 0.